The number of benzene rings is 1. The summed E-state index contributed by atoms with van der Waals surface area (Å²) in [6.45, 7) is 8.98. The van der Waals surface area contributed by atoms with Gasteiger partial charge in [0.15, 0.2) is 0 Å². The molecule has 0 saturated heterocycles. The van der Waals surface area contributed by atoms with Crippen LogP contribution in [0.3, 0.4) is 0 Å². The van der Waals surface area contributed by atoms with Gasteiger partial charge < -0.3 is 10.1 Å². The number of nitrogens with one attached hydrogen (secondary N) is 1. The molecule has 0 radical (unpaired) electrons. The number of thiophene rings is 1. The van der Waals surface area contributed by atoms with E-state index in [4.69, 9.17) is 4.74 Å². The smallest absolute Gasteiger partial charge is 0.0813 e. The Bertz CT molecular complexity index is 511. The molecule has 0 saturated carbocycles. The lowest BCUT2D eigenvalue weighted by Crippen LogP contribution is -2.37. The largest absolute Gasteiger partial charge is 0.371 e. The van der Waals surface area contributed by atoms with E-state index in [1.54, 1.807) is 11.3 Å². The molecule has 1 aromatic carbocycles. The fraction of sp³-hybridized carbons (Fsp3) is 0.444. The summed E-state index contributed by atoms with van der Waals surface area (Å²) in [7, 11) is 0. The molecule has 3 heteroatoms. The number of hydrogen-bond acceptors (Lipinski definition) is 3. The Kier molecular flexibility index (Phi) is 5.97. The lowest BCUT2D eigenvalue weighted by Gasteiger charge is -2.20. The second-order valence-electron chi connectivity index (χ2n) is 6.32. The fourth-order valence-electron chi connectivity index (χ4n) is 2.05. The molecular weight excluding hydrogens is 278 g/mol. The lowest BCUT2D eigenvalue weighted by molar-refractivity contribution is 0.109. The molecule has 21 heavy (non-hydrogen) atoms. The highest BCUT2D eigenvalue weighted by Gasteiger charge is 2.07. The fourth-order valence-corrected chi connectivity index (χ4v) is 2.69. The third-order valence-electron chi connectivity index (χ3n) is 3.19. The van der Waals surface area contributed by atoms with Crippen molar-refractivity contribution in [2.24, 2.45) is 0 Å². The standard InChI is InChI=1S/C18H25NOS/c1-18(2,3)19-11-10-15-6-8-16(9-7-15)13-20-14-17-5-4-12-21-17/h4-9,12,19H,10-11,13-14H2,1-3H3. The van der Waals surface area contributed by atoms with E-state index in [0.29, 0.717) is 13.2 Å². The first-order chi connectivity index (χ1) is 10.0. The summed E-state index contributed by atoms with van der Waals surface area (Å²) in [5.41, 5.74) is 2.79. The van der Waals surface area contributed by atoms with Crippen LogP contribution < -0.4 is 5.32 Å². The highest BCUT2D eigenvalue weighted by atomic mass is 32.1. The van der Waals surface area contributed by atoms with Crippen molar-refractivity contribution in [1.82, 2.24) is 5.32 Å². The average molecular weight is 303 g/mol. The molecule has 1 heterocycles. The van der Waals surface area contributed by atoms with Crippen molar-refractivity contribution in [3.05, 3.63) is 57.8 Å². The number of hydrogen-bond donors (Lipinski definition) is 1. The van der Waals surface area contributed by atoms with E-state index in [-0.39, 0.29) is 5.54 Å². The van der Waals surface area contributed by atoms with Crippen LogP contribution in [-0.2, 0) is 24.4 Å². The molecule has 0 spiro atoms. The molecular formula is C18H25NOS. The third-order valence-corrected chi connectivity index (χ3v) is 4.04. The van der Waals surface area contributed by atoms with Crippen LogP contribution in [-0.4, -0.2) is 12.1 Å². The van der Waals surface area contributed by atoms with Crippen molar-refractivity contribution in [1.29, 1.82) is 0 Å². The SMILES string of the molecule is CC(C)(C)NCCc1ccc(COCc2cccs2)cc1. The Labute approximate surface area is 132 Å². The molecule has 0 atom stereocenters. The molecule has 114 valence electrons. The molecule has 0 unspecified atom stereocenters. The Morgan fingerprint density at radius 3 is 2.33 bits per heavy atom. The first-order valence-corrected chi connectivity index (χ1v) is 8.34. The van der Waals surface area contributed by atoms with Gasteiger partial charge in [-0.15, -0.1) is 11.3 Å². The van der Waals surface area contributed by atoms with Gasteiger partial charge in [-0.2, -0.15) is 0 Å². The van der Waals surface area contributed by atoms with Crippen LogP contribution in [0, 0.1) is 0 Å². The van der Waals surface area contributed by atoms with Crippen molar-refractivity contribution < 1.29 is 4.74 Å². The highest BCUT2D eigenvalue weighted by Crippen LogP contribution is 2.12. The Morgan fingerprint density at radius 2 is 1.71 bits per heavy atom. The maximum absolute atomic E-state index is 5.73. The molecule has 2 aromatic rings. The Balaban J connectivity index is 1.71. The summed E-state index contributed by atoms with van der Waals surface area (Å²) in [4.78, 5) is 1.28. The van der Waals surface area contributed by atoms with Crippen LogP contribution in [0.25, 0.3) is 0 Å². The Hall–Kier alpha value is -1.16. The molecule has 0 aliphatic heterocycles. The van der Waals surface area contributed by atoms with Gasteiger partial charge >= 0.3 is 0 Å². The molecule has 2 nitrogen and oxygen atoms in total. The van der Waals surface area contributed by atoms with Crippen LogP contribution in [0.15, 0.2) is 41.8 Å². The summed E-state index contributed by atoms with van der Waals surface area (Å²) in [6.07, 6.45) is 1.06. The zero-order valence-corrected chi connectivity index (χ0v) is 14.0. The normalized spacial score (nSPS) is 11.8. The number of ether oxygens (including phenoxy) is 1. The van der Waals surface area contributed by atoms with Crippen LogP contribution in [0.5, 0.6) is 0 Å². The minimum absolute atomic E-state index is 0.190. The van der Waals surface area contributed by atoms with Gasteiger partial charge in [-0.1, -0.05) is 30.3 Å². The minimum atomic E-state index is 0.190. The van der Waals surface area contributed by atoms with Crippen molar-refractivity contribution in [2.75, 3.05) is 6.54 Å². The quantitative estimate of drug-likeness (QED) is 0.819. The van der Waals surface area contributed by atoms with E-state index < -0.39 is 0 Å². The lowest BCUT2D eigenvalue weighted by atomic mass is 10.1. The molecule has 0 amide bonds. The predicted molar refractivity (Wildman–Crippen MR) is 90.7 cm³/mol. The molecule has 2 rings (SSSR count). The Morgan fingerprint density at radius 1 is 1.00 bits per heavy atom. The van der Waals surface area contributed by atoms with Crippen LogP contribution >= 0.6 is 11.3 Å². The van der Waals surface area contributed by atoms with E-state index in [1.165, 1.54) is 16.0 Å². The van der Waals surface area contributed by atoms with Gasteiger partial charge in [0.05, 0.1) is 13.2 Å². The van der Waals surface area contributed by atoms with Gasteiger partial charge in [-0.25, -0.2) is 0 Å². The van der Waals surface area contributed by atoms with E-state index in [9.17, 15) is 0 Å². The van der Waals surface area contributed by atoms with Crippen molar-refractivity contribution in [2.45, 2.75) is 45.9 Å². The van der Waals surface area contributed by atoms with Crippen LogP contribution in [0.2, 0.25) is 0 Å². The van der Waals surface area contributed by atoms with Crippen molar-refractivity contribution in [3.63, 3.8) is 0 Å². The monoisotopic (exact) mass is 303 g/mol. The molecule has 0 bridgehead atoms. The maximum atomic E-state index is 5.73. The summed E-state index contributed by atoms with van der Waals surface area (Å²) in [6, 6.07) is 12.9. The van der Waals surface area contributed by atoms with E-state index >= 15 is 0 Å². The average Bonchev–Trinajstić information content (AvgIpc) is 2.92. The van der Waals surface area contributed by atoms with Gasteiger partial charge in [0.25, 0.3) is 0 Å². The summed E-state index contributed by atoms with van der Waals surface area (Å²) < 4.78 is 5.73. The molecule has 0 aliphatic carbocycles. The summed E-state index contributed by atoms with van der Waals surface area (Å²) in [5.74, 6) is 0. The van der Waals surface area contributed by atoms with E-state index in [0.717, 1.165) is 13.0 Å². The van der Waals surface area contributed by atoms with Gasteiger partial charge in [0.1, 0.15) is 0 Å². The van der Waals surface area contributed by atoms with Crippen LogP contribution in [0.4, 0.5) is 0 Å². The summed E-state index contributed by atoms with van der Waals surface area (Å²) >= 11 is 1.74. The minimum Gasteiger partial charge on any atom is -0.371 e. The molecule has 0 aliphatic rings. The highest BCUT2D eigenvalue weighted by molar-refractivity contribution is 7.09. The first kappa shape index (κ1) is 16.2. The number of rotatable bonds is 7. The van der Waals surface area contributed by atoms with Gasteiger partial charge in [0.2, 0.25) is 0 Å². The second-order valence-corrected chi connectivity index (χ2v) is 7.35. The third kappa shape index (κ3) is 6.42. The van der Waals surface area contributed by atoms with E-state index in [2.05, 4.69) is 67.9 Å². The second kappa shape index (κ2) is 7.74. The molecule has 1 aromatic heterocycles. The van der Waals surface area contributed by atoms with Gasteiger partial charge in [-0.3, -0.25) is 0 Å². The van der Waals surface area contributed by atoms with Gasteiger partial charge in [0, 0.05) is 10.4 Å². The zero-order chi connectivity index (χ0) is 15.1. The van der Waals surface area contributed by atoms with E-state index in [1.807, 2.05) is 0 Å². The first-order valence-electron chi connectivity index (χ1n) is 7.46. The maximum Gasteiger partial charge on any atom is 0.0813 e. The van der Waals surface area contributed by atoms with Crippen molar-refractivity contribution >= 4 is 11.3 Å². The predicted octanol–water partition coefficient (Wildman–Crippen LogP) is 4.40. The molecule has 1 N–H and O–H groups in total. The molecule has 0 fully saturated rings. The van der Waals surface area contributed by atoms with Crippen LogP contribution in [0.1, 0.15) is 36.8 Å². The topological polar surface area (TPSA) is 21.3 Å². The summed E-state index contributed by atoms with van der Waals surface area (Å²) in [5, 5.41) is 5.59. The van der Waals surface area contributed by atoms with Gasteiger partial charge in [-0.05, 0) is 56.3 Å². The zero-order valence-electron chi connectivity index (χ0n) is 13.2. The van der Waals surface area contributed by atoms with Crippen molar-refractivity contribution in [3.8, 4) is 0 Å².